The second-order valence-corrected chi connectivity index (χ2v) is 3.95. The average molecular weight is 213 g/mol. The largest absolute Gasteiger partial charge is 0.459 e. The Hall–Kier alpha value is -0.530. The van der Waals surface area contributed by atoms with Gasteiger partial charge in [0, 0.05) is 6.42 Å². The molecule has 0 heterocycles. The van der Waals surface area contributed by atoms with Crippen LogP contribution in [-0.2, 0) is 9.53 Å². The summed E-state index contributed by atoms with van der Waals surface area (Å²) in [6, 6.07) is 0. The first-order chi connectivity index (χ1) is 7.31. The van der Waals surface area contributed by atoms with Gasteiger partial charge in [-0.15, -0.1) is 0 Å². The molecule has 0 spiro atoms. The second-order valence-electron chi connectivity index (χ2n) is 3.95. The molecule has 0 aliphatic heterocycles. The molecular weight excluding hydrogens is 188 g/mol. The topological polar surface area (TPSA) is 26.3 Å². The molecule has 0 aromatic heterocycles. The van der Waals surface area contributed by atoms with E-state index in [4.69, 9.17) is 4.74 Å². The molecule has 15 heavy (non-hydrogen) atoms. The molecule has 2 heteroatoms. The summed E-state index contributed by atoms with van der Waals surface area (Å²) in [4.78, 5) is 11.0. The Morgan fingerprint density at radius 3 is 2.07 bits per heavy atom. The molecular formula is C13H25O2. The predicted molar refractivity (Wildman–Crippen MR) is 63.3 cm³/mol. The van der Waals surface area contributed by atoms with Gasteiger partial charge >= 0.3 is 5.97 Å². The lowest BCUT2D eigenvalue weighted by Crippen LogP contribution is -2.00. The third-order valence-corrected chi connectivity index (χ3v) is 2.48. The first-order valence-electron chi connectivity index (χ1n) is 6.28. The van der Waals surface area contributed by atoms with Crippen molar-refractivity contribution in [2.75, 3.05) is 0 Å². The van der Waals surface area contributed by atoms with Crippen LogP contribution in [0, 0.1) is 6.61 Å². The summed E-state index contributed by atoms with van der Waals surface area (Å²) < 4.78 is 4.74. The monoisotopic (exact) mass is 213 g/mol. The van der Waals surface area contributed by atoms with Gasteiger partial charge in [-0.1, -0.05) is 51.9 Å². The maximum Gasteiger partial charge on any atom is 0.306 e. The second kappa shape index (κ2) is 11.5. The van der Waals surface area contributed by atoms with Gasteiger partial charge in [0.2, 0.25) is 0 Å². The van der Waals surface area contributed by atoms with Gasteiger partial charge in [0.25, 0.3) is 0 Å². The number of carbonyl (C=O) groups is 1. The molecule has 2 nitrogen and oxygen atoms in total. The van der Waals surface area contributed by atoms with Crippen molar-refractivity contribution in [3.8, 4) is 0 Å². The van der Waals surface area contributed by atoms with Crippen LogP contribution in [0.15, 0.2) is 0 Å². The third kappa shape index (κ3) is 11.4. The smallest absolute Gasteiger partial charge is 0.306 e. The molecule has 0 N–H and O–H groups in total. The van der Waals surface area contributed by atoms with E-state index < -0.39 is 0 Å². The van der Waals surface area contributed by atoms with Gasteiger partial charge < -0.3 is 4.74 Å². The van der Waals surface area contributed by atoms with E-state index in [1.54, 1.807) is 6.92 Å². The molecule has 0 amide bonds. The summed E-state index contributed by atoms with van der Waals surface area (Å²) in [6.07, 6.45) is 10.6. The third-order valence-electron chi connectivity index (χ3n) is 2.48. The van der Waals surface area contributed by atoms with E-state index in [1.807, 2.05) is 0 Å². The fourth-order valence-electron chi connectivity index (χ4n) is 1.59. The van der Waals surface area contributed by atoms with Crippen molar-refractivity contribution in [3.63, 3.8) is 0 Å². The number of hydrogen-bond acceptors (Lipinski definition) is 2. The van der Waals surface area contributed by atoms with Gasteiger partial charge in [0.15, 0.2) is 0 Å². The van der Waals surface area contributed by atoms with Crippen LogP contribution >= 0.6 is 0 Å². The summed E-state index contributed by atoms with van der Waals surface area (Å²) in [5.74, 6) is -0.0940. The first-order valence-corrected chi connectivity index (χ1v) is 6.28. The average Bonchev–Trinajstić information content (AvgIpc) is 2.22. The molecule has 0 aliphatic rings. The van der Waals surface area contributed by atoms with Crippen molar-refractivity contribution in [2.45, 2.75) is 71.6 Å². The van der Waals surface area contributed by atoms with Crippen molar-refractivity contribution in [1.82, 2.24) is 0 Å². The van der Waals surface area contributed by atoms with E-state index in [2.05, 4.69) is 6.92 Å². The standard InChI is InChI=1S/C13H25O2/c1-3-5-6-7-8-9-10-11-12-13(14)15-4-2/h4H,3,5-12H2,1-2H3. The molecule has 0 aromatic carbocycles. The minimum absolute atomic E-state index is 0.0940. The molecule has 0 atom stereocenters. The van der Waals surface area contributed by atoms with Crippen LogP contribution in [-0.4, -0.2) is 5.97 Å². The van der Waals surface area contributed by atoms with E-state index in [0.29, 0.717) is 6.42 Å². The molecule has 0 aliphatic carbocycles. The fourth-order valence-corrected chi connectivity index (χ4v) is 1.59. The Bertz CT molecular complexity index is 143. The zero-order chi connectivity index (χ0) is 11.4. The molecule has 0 bridgehead atoms. The minimum atomic E-state index is -0.0940. The molecule has 0 aromatic rings. The Morgan fingerprint density at radius 1 is 1.00 bits per heavy atom. The van der Waals surface area contributed by atoms with Crippen molar-refractivity contribution in [1.29, 1.82) is 0 Å². The van der Waals surface area contributed by atoms with Gasteiger partial charge in [-0.05, 0) is 13.3 Å². The highest BCUT2D eigenvalue weighted by atomic mass is 16.5. The fraction of sp³-hybridized carbons (Fsp3) is 0.846. The highest BCUT2D eigenvalue weighted by molar-refractivity contribution is 5.69. The van der Waals surface area contributed by atoms with Crippen LogP contribution in [0.25, 0.3) is 0 Å². The Kier molecular flexibility index (Phi) is 11.1. The van der Waals surface area contributed by atoms with E-state index in [0.717, 1.165) is 12.8 Å². The molecule has 0 saturated carbocycles. The Balaban J connectivity index is 3.01. The number of rotatable bonds is 10. The summed E-state index contributed by atoms with van der Waals surface area (Å²) >= 11 is 0. The van der Waals surface area contributed by atoms with Crippen molar-refractivity contribution >= 4 is 5.97 Å². The Morgan fingerprint density at radius 2 is 1.53 bits per heavy atom. The van der Waals surface area contributed by atoms with Gasteiger partial charge in [0.1, 0.15) is 6.61 Å². The number of carbonyl (C=O) groups excluding carboxylic acids is 1. The van der Waals surface area contributed by atoms with E-state index in [1.165, 1.54) is 45.1 Å². The van der Waals surface area contributed by atoms with Gasteiger partial charge in [-0.2, -0.15) is 0 Å². The number of esters is 1. The molecule has 0 fully saturated rings. The quantitative estimate of drug-likeness (QED) is 0.401. The maximum absolute atomic E-state index is 11.0. The predicted octanol–water partition coefficient (Wildman–Crippen LogP) is 4.24. The summed E-state index contributed by atoms with van der Waals surface area (Å²) in [5, 5.41) is 0. The minimum Gasteiger partial charge on any atom is -0.459 e. The lowest BCUT2D eigenvalue weighted by molar-refractivity contribution is -0.140. The first kappa shape index (κ1) is 14.5. The van der Waals surface area contributed by atoms with Crippen LogP contribution in [0.1, 0.15) is 71.6 Å². The molecule has 0 rings (SSSR count). The van der Waals surface area contributed by atoms with Gasteiger partial charge in [-0.25, -0.2) is 0 Å². The molecule has 0 unspecified atom stereocenters. The number of unbranched alkanes of at least 4 members (excludes halogenated alkanes) is 7. The van der Waals surface area contributed by atoms with Crippen molar-refractivity contribution in [2.24, 2.45) is 0 Å². The normalized spacial score (nSPS) is 10.3. The van der Waals surface area contributed by atoms with Crippen LogP contribution in [0.4, 0.5) is 0 Å². The number of hydrogen-bond donors (Lipinski definition) is 0. The van der Waals surface area contributed by atoms with Gasteiger partial charge in [-0.3, -0.25) is 4.79 Å². The zero-order valence-electron chi connectivity index (χ0n) is 10.3. The molecule has 1 radical (unpaired) electrons. The van der Waals surface area contributed by atoms with E-state index in [9.17, 15) is 4.79 Å². The molecule has 89 valence electrons. The van der Waals surface area contributed by atoms with E-state index >= 15 is 0 Å². The highest BCUT2D eigenvalue weighted by Gasteiger charge is 2.00. The lowest BCUT2D eigenvalue weighted by atomic mass is 10.1. The summed E-state index contributed by atoms with van der Waals surface area (Å²) in [6.45, 7) is 5.41. The van der Waals surface area contributed by atoms with Gasteiger partial charge in [0.05, 0.1) is 0 Å². The lowest BCUT2D eigenvalue weighted by Gasteiger charge is -2.01. The Labute approximate surface area is 94.4 Å². The van der Waals surface area contributed by atoms with E-state index in [-0.39, 0.29) is 5.97 Å². The highest BCUT2D eigenvalue weighted by Crippen LogP contribution is 2.09. The summed E-state index contributed by atoms with van der Waals surface area (Å²) in [7, 11) is 0. The summed E-state index contributed by atoms with van der Waals surface area (Å²) in [5.41, 5.74) is 0. The van der Waals surface area contributed by atoms with Crippen LogP contribution in [0.5, 0.6) is 0 Å². The zero-order valence-corrected chi connectivity index (χ0v) is 10.3. The number of ether oxygens (including phenoxy) is 1. The maximum atomic E-state index is 11.0. The van der Waals surface area contributed by atoms with Crippen molar-refractivity contribution < 1.29 is 9.53 Å². The van der Waals surface area contributed by atoms with Crippen LogP contribution in [0.2, 0.25) is 0 Å². The SMILES string of the molecule is C[CH]OC(=O)CCCCCCCCCC. The van der Waals surface area contributed by atoms with Crippen LogP contribution in [0.3, 0.4) is 0 Å². The van der Waals surface area contributed by atoms with Crippen LogP contribution < -0.4 is 0 Å². The van der Waals surface area contributed by atoms with Crippen molar-refractivity contribution in [3.05, 3.63) is 6.61 Å². The molecule has 0 saturated heterocycles.